The molecule has 4 saturated heterocycles. The molecule has 3 aromatic carbocycles. The SMILES string of the molecule is CC1(C)O[C@H]2[C@@H](O1)[C@@H](CO[C@@H]1O[C@H](COC(=O)CCC(=O)Cc3ccccc3)[C@@H](OCc3ccccc3)[C@H](OCc3ccccc3)[C@H]1OC(=O)C(C)(C)C)O[C@@H]1OC(C)(C)O[C@@H]12. The zero-order valence-electron chi connectivity index (χ0n) is 36.6. The quantitative estimate of drug-likeness (QED) is 0.138. The van der Waals surface area contributed by atoms with Gasteiger partial charge in [-0.3, -0.25) is 14.4 Å². The summed E-state index contributed by atoms with van der Waals surface area (Å²) >= 11 is 0. The maximum absolute atomic E-state index is 13.8. The molecule has 0 radical (unpaired) electrons. The second-order valence-electron chi connectivity index (χ2n) is 18.1. The van der Waals surface area contributed by atoms with Gasteiger partial charge in [0.05, 0.1) is 31.7 Å². The van der Waals surface area contributed by atoms with Crippen molar-refractivity contribution >= 4 is 17.7 Å². The first-order valence-corrected chi connectivity index (χ1v) is 21.4. The Hall–Kier alpha value is -4.09. The van der Waals surface area contributed by atoms with E-state index in [1.165, 1.54) is 0 Å². The van der Waals surface area contributed by atoms with Crippen LogP contribution in [-0.4, -0.2) is 104 Å². The van der Waals surface area contributed by atoms with E-state index in [0.29, 0.717) is 0 Å². The molecule has 10 atom stereocenters. The smallest absolute Gasteiger partial charge is 0.311 e. The van der Waals surface area contributed by atoms with Gasteiger partial charge in [0.1, 0.15) is 55.1 Å². The molecule has 62 heavy (non-hydrogen) atoms. The minimum Gasteiger partial charge on any atom is -0.463 e. The van der Waals surface area contributed by atoms with Crippen molar-refractivity contribution in [1.29, 1.82) is 0 Å². The molecule has 0 bridgehead atoms. The van der Waals surface area contributed by atoms with Gasteiger partial charge in [0, 0.05) is 12.8 Å². The van der Waals surface area contributed by atoms with Gasteiger partial charge in [-0.1, -0.05) is 91.0 Å². The van der Waals surface area contributed by atoms with Gasteiger partial charge in [-0.25, -0.2) is 0 Å². The van der Waals surface area contributed by atoms with Crippen LogP contribution in [0, 0.1) is 5.41 Å². The summed E-state index contributed by atoms with van der Waals surface area (Å²) in [5, 5.41) is 0. The number of hydrogen-bond acceptors (Lipinski definition) is 14. The van der Waals surface area contributed by atoms with E-state index in [1.54, 1.807) is 20.8 Å². The van der Waals surface area contributed by atoms with Crippen molar-refractivity contribution in [2.24, 2.45) is 5.41 Å². The highest BCUT2D eigenvalue weighted by molar-refractivity contribution is 5.84. The van der Waals surface area contributed by atoms with E-state index in [9.17, 15) is 14.4 Å². The van der Waals surface area contributed by atoms with Crippen molar-refractivity contribution in [3.8, 4) is 0 Å². The number of esters is 2. The number of ketones is 1. The lowest BCUT2D eigenvalue weighted by Gasteiger charge is -2.46. The molecule has 336 valence electrons. The Labute approximate surface area is 363 Å². The summed E-state index contributed by atoms with van der Waals surface area (Å²) in [7, 11) is 0. The summed E-state index contributed by atoms with van der Waals surface area (Å²) in [5.74, 6) is -3.08. The predicted octanol–water partition coefficient (Wildman–Crippen LogP) is 6.39. The van der Waals surface area contributed by atoms with E-state index in [0.717, 1.165) is 16.7 Å². The highest BCUT2D eigenvalue weighted by Gasteiger charge is 2.61. The van der Waals surface area contributed by atoms with Gasteiger partial charge in [0.2, 0.25) is 0 Å². The average Bonchev–Trinajstić information content (AvgIpc) is 3.74. The summed E-state index contributed by atoms with van der Waals surface area (Å²) in [5.41, 5.74) is 1.68. The van der Waals surface area contributed by atoms with Crippen molar-refractivity contribution in [2.45, 2.75) is 154 Å². The van der Waals surface area contributed by atoms with Crippen LogP contribution in [0.2, 0.25) is 0 Å². The Balaban J connectivity index is 1.16. The Morgan fingerprint density at radius 2 is 1.13 bits per heavy atom. The third-order valence-corrected chi connectivity index (χ3v) is 11.0. The molecular weight excluding hydrogens is 801 g/mol. The lowest BCUT2D eigenvalue weighted by atomic mass is 9.95. The van der Waals surface area contributed by atoms with E-state index in [1.807, 2.05) is 119 Å². The average molecular weight is 861 g/mol. The molecule has 4 aliphatic rings. The van der Waals surface area contributed by atoms with Crippen molar-refractivity contribution < 1.29 is 66.5 Å². The zero-order valence-corrected chi connectivity index (χ0v) is 36.6. The first-order valence-electron chi connectivity index (χ1n) is 21.4. The number of Topliss-reactive ketones (excluding diaryl/α,β-unsaturated/α-hetero) is 1. The molecule has 0 saturated carbocycles. The molecule has 14 nitrogen and oxygen atoms in total. The third kappa shape index (κ3) is 11.9. The second-order valence-corrected chi connectivity index (χ2v) is 18.1. The molecule has 0 aliphatic carbocycles. The minimum absolute atomic E-state index is 0.00644. The molecule has 0 aromatic heterocycles. The molecule has 4 aliphatic heterocycles. The monoisotopic (exact) mass is 860 g/mol. The molecule has 14 heteroatoms. The van der Waals surface area contributed by atoms with Crippen LogP contribution >= 0.6 is 0 Å². The van der Waals surface area contributed by atoms with Crippen LogP contribution in [0.1, 0.15) is 78.0 Å². The topological polar surface area (TPSA) is 153 Å². The normalized spacial score (nSPS) is 29.9. The number of carbonyl (C=O) groups is 3. The molecule has 0 spiro atoms. The van der Waals surface area contributed by atoms with Gasteiger partial charge < -0.3 is 52.1 Å². The summed E-state index contributed by atoms with van der Waals surface area (Å²) in [6.07, 6.45) is -8.50. The van der Waals surface area contributed by atoms with Gasteiger partial charge in [-0.15, -0.1) is 0 Å². The summed E-state index contributed by atoms with van der Waals surface area (Å²) in [6.45, 7) is 12.4. The fourth-order valence-corrected chi connectivity index (χ4v) is 7.91. The van der Waals surface area contributed by atoms with Crippen LogP contribution in [0.25, 0.3) is 0 Å². The van der Waals surface area contributed by atoms with E-state index in [4.69, 9.17) is 52.1 Å². The van der Waals surface area contributed by atoms with E-state index in [-0.39, 0.29) is 51.5 Å². The molecular formula is C48H60O14. The van der Waals surface area contributed by atoms with E-state index in [2.05, 4.69) is 0 Å². The maximum Gasteiger partial charge on any atom is 0.311 e. The number of hydrogen-bond donors (Lipinski definition) is 0. The summed E-state index contributed by atoms with van der Waals surface area (Å²) < 4.78 is 70.2. The molecule has 4 fully saturated rings. The van der Waals surface area contributed by atoms with Gasteiger partial charge in [0.25, 0.3) is 0 Å². The lowest BCUT2D eigenvalue weighted by molar-refractivity contribution is -0.330. The van der Waals surface area contributed by atoms with Crippen LogP contribution in [0.4, 0.5) is 0 Å². The number of carbonyl (C=O) groups excluding carboxylic acids is 3. The molecule has 7 rings (SSSR count). The van der Waals surface area contributed by atoms with Crippen LogP contribution in [0.3, 0.4) is 0 Å². The van der Waals surface area contributed by atoms with Gasteiger partial charge >= 0.3 is 11.9 Å². The molecule has 0 amide bonds. The Morgan fingerprint density at radius 3 is 1.74 bits per heavy atom. The molecule has 0 N–H and O–H groups in total. The lowest BCUT2D eigenvalue weighted by Crippen LogP contribution is -2.63. The summed E-state index contributed by atoms with van der Waals surface area (Å²) in [4.78, 5) is 39.9. The standard InChI is InChI=1S/C48H60O14/c1-46(2,3)45(51)58-41-39(54-27-32-21-15-10-16-22-32)37(53-26-31-19-13-9-14-20-31)34(28-52-36(50)24-23-33(49)25-30-17-11-8-12-18-30)56-43(41)55-29-35-38-40(60-47(4,5)59-38)42-44(57-35)62-48(6,7)61-42/h8-22,34-35,37-44H,23-29H2,1-7H3/t34-,35-,37-,38+,39+,40+,41-,42-,43-,44-/m1/s1. The van der Waals surface area contributed by atoms with Crippen molar-refractivity contribution in [1.82, 2.24) is 0 Å². The van der Waals surface area contributed by atoms with E-state index >= 15 is 0 Å². The fourth-order valence-electron chi connectivity index (χ4n) is 7.91. The number of benzene rings is 3. The van der Waals surface area contributed by atoms with Crippen molar-refractivity contribution in [3.63, 3.8) is 0 Å². The largest absolute Gasteiger partial charge is 0.463 e. The van der Waals surface area contributed by atoms with Crippen molar-refractivity contribution in [3.05, 3.63) is 108 Å². The first-order chi connectivity index (χ1) is 29.5. The molecule has 3 aromatic rings. The number of fused-ring (bicyclic) bond motifs is 3. The van der Waals surface area contributed by atoms with Crippen LogP contribution in [-0.2, 0) is 86.1 Å². The van der Waals surface area contributed by atoms with Crippen LogP contribution in [0.15, 0.2) is 91.0 Å². The molecule has 0 unspecified atom stereocenters. The highest BCUT2D eigenvalue weighted by atomic mass is 16.9. The highest BCUT2D eigenvalue weighted by Crippen LogP contribution is 2.44. The predicted molar refractivity (Wildman–Crippen MR) is 222 cm³/mol. The Morgan fingerprint density at radius 1 is 0.581 bits per heavy atom. The maximum atomic E-state index is 13.8. The molecule has 4 heterocycles. The van der Waals surface area contributed by atoms with Gasteiger partial charge in [-0.2, -0.15) is 0 Å². The first kappa shape index (κ1) is 45.9. The number of ether oxygens (including phenoxy) is 11. The fraction of sp³-hybridized carbons (Fsp3) is 0.562. The van der Waals surface area contributed by atoms with Crippen molar-refractivity contribution in [2.75, 3.05) is 13.2 Å². The third-order valence-electron chi connectivity index (χ3n) is 11.0. The Kier molecular flexibility index (Phi) is 14.6. The minimum atomic E-state index is -1.28. The second kappa shape index (κ2) is 19.7. The summed E-state index contributed by atoms with van der Waals surface area (Å²) in [6, 6.07) is 28.5. The van der Waals surface area contributed by atoms with Crippen LogP contribution in [0.5, 0.6) is 0 Å². The van der Waals surface area contributed by atoms with Crippen LogP contribution < -0.4 is 0 Å². The van der Waals surface area contributed by atoms with Gasteiger partial charge in [-0.05, 0) is 65.2 Å². The Bertz CT molecular complexity index is 1930. The van der Waals surface area contributed by atoms with Gasteiger partial charge in [0.15, 0.2) is 30.3 Å². The number of rotatable bonds is 17. The van der Waals surface area contributed by atoms with E-state index < -0.39 is 90.3 Å². The zero-order chi connectivity index (χ0) is 44.1.